The Hall–Kier alpha value is -3.27. The number of aliphatic imine (C=N–C) groups is 1. The second-order valence-electron chi connectivity index (χ2n) is 6.28. The van der Waals surface area contributed by atoms with E-state index in [2.05, 4.69) is 20.1 Å². The first kappa shape index (κ1) is 18.5. The fraction of sp³-hybridized carbons (Fsp3) is 0.300. The number of hydrogen-bond donors (Lipinski definition) is 2. The Morgan fingerprint density at radius 2 is 1.96 bits per heavy atom. The van der Waals surface area contributed by atoms with E-state index in [1.165, 1.54) is 12.1 Å². The number of rotatable bonds is 3. The summed E-state index contributed by atoms with van der Waals surface area (Å²) < 4.78 is 13.9. The van der Waals surface area contributed by atoms with Gasteiger partial charge in [0.1, 0.15) is 11.6 Å². The number of nitrogens with one attached hydrogen (secondary N) is 1. The number of hydrogen-bond acceptors (Lipinski definition) is 4. The Bertz CT molecular complexity index is 869. The molecule has 7 heteroatoms. The van der Waals surface area contributed by atoms with E-state index in [4.69, 9.17) is 5.26 Å². The van der Waals surface area contributed by atoms with Crippen molar-refractivity contribution in [3.63, 3.8) is 0 Å². The molecule has 0 amide bonds. The highest BCUT2D eigenvalue weighted by molar-refractivity contribution is 5.80. The maximum absolute atomic E-state index is 13.9. The number of phenolic OH excluding ortho intramolecular Hbond substituents is 1. The van der Waals surface area contributed by atoms with Crippen LogP contribution in [0.15, 0.2) is 47.5 Å². The van der Waals surface area contributed by atoms with Gasteiger partial charge >= 0.3 is 0 Å². The van der Waals surface area contributed by atoms with Crippen LogP contribution in [-0.2, 0) is 6.54 Å². The molecule has 0 spiro atoms. The monoisotopic (exact) mass is 367 g/mol. The molecular weight excluding hydrogens is 345 g/mol. The summed E-state index contributed by atoms with van der Waals surface area (Å²) in [5.74, 6) is 0.622. The fourth-order valence-corrected chi connectivity index (χ4v) is 3.18. The number of guanidine groups is 1. The minimum Gasteiger partial charge on any atom is -0.506 e. The summed E-state index contributed by atoms with van der Waals surface area (Å²) in [6.45, 7) is 3.21. The Labute approximate surface area is 158 Å². The second kappa shape index (κ2) is 8.41. The maximum atomic E-state index is 13.9. The molecule has 140 valence electrons. The molecule has 2 N–H and O–H groups in total. The van der Waals surface area contributed by atoms with Crippen molar-refractivity contribution in [2.24, 2.45) is 4.99 Å². The molecule has 1 aliphatic rings. The maximum Gasteiger partial charge on any atom is 0.194 e. The second-order valence-corrected chi connectivity index (χ2v) is 6.28. The summed E-state index contributed by atoms with van der Waals surface area (Å²) in [5, 5.41) is 22.2. The first-order chi connectivity index (χ1) is 13.1. The molecule has 1 heterocycles. The molecule has 3 rings (SSSR count). The van der Waals surface area contributed by atoms with E-state index >= 15 is 0 Å². The average Bonchev–Trinajstić information content (AvgIpc) is 2.70. The van der Waals surface area contributed by atoms with Crippen molar-refractivity contribution in [3.05, 3.63) is 59.4 Å². The van der Waals surface area contributed by atoms with Gasteiger partial charge < -0.3 is 20.2 Å². The van der Waals surface area contributed by atoms with Crippen molar-refractivity contribution < 1.29 is 9.50 Å². The van der Waals surface area contributed by atoms with Crippen LogP contribution in [0.4, 0.5) is 10.1 Å². The van der Waals surface area contributed by atoms with Gasteiger partial charge in [-0.05, 0) is 30.3 Å². The molecule has 1 fully saturated rings. The van der Waals surface area contributed by atoms with Crippen LogP contribution >= 0.6 is 0 Å². The first-order valence-electron chi connectivity index (χ1n) is 8.79. The van der Waals surface area contributed by atoms with Gasteiger partial charge in [-0.15, -0.1) is 0 Å². The smallest absolute Gasteiger partial charge is 0.194 e. The highest BCUT2D eigenvalue weighted by Crippen LogP contribution is 2.27. The van der Waals surface area contributed by atoms with Crippen LogP contribution in [-0.4, -0.2) is 49.2 Å². The topological polar surface area (TPSA) is 74.9 Å². The van der Waals surface area contributed by atoms with Crippen LogP contribution in [0.25, 0.3) is 0 Å². The van der Waals surface area contributed by atoms with Gasteiger partial charge in [0, 0.05) is 45.3 Å². The fourth-order valence-electron chi connectivity index (χ4n) is 3.18. The van der Waals surface area contributed by atoms with Crippen molar-refractivity contribution in [1.29, 1.82) is 5.26 Å². The van der Waals surface area contributed by atoms with Gasteiger partial charge in [-0.2, -0.15) is 5.26 Å². The van der Waals surface area contributed by atoms with Crippen LogP contribution < -0.4 is 10.2 Å². The van der Waals surface area contributed by atoms with Gasteiger partial charge in [0.2, 0.25) is 0 Å². The van der Waals surface area contributed by atoms with Gasteiger partial charge in [0.05, 0.1) is 17.3 Å². The number of aromatic hydroxyl groups is 1. The molecule has 1 saturated heterocycles. The summed E-state index contributed by atoms with van der Waals surface area (Å²) in [6.07, 6.45) is 0. The van der Waals surface area contributed by atoms with E-state index in [0.29, 0.717) is 17.1 Å². The molecule has 0 aromatic heterocycles. The van der Waals surface area contributed by atoms with Gasteiger partial charge in [-0.3, -0.25) is 4.99 Å². The number of phenols is 1. The quantitative estimate of drug-likeness (QED) is 0.643. The Morgan fingerprint density at radius 3 is 2.63 bits per heavy atom. The molecular formula is C20H22FN5O. The lowest BCUT2D eigenvalue weighted by molar-refractivity contribution is 0.369. The third-order valence-electron chi connectivity index (χ3n) is 4.63. The lowest BCUT2D eigenvalue weighted by Gasteiger charge is -2.37. The molecule has 1 aliphatic heterocycles. The van der Waals surface area contributed by atoms with Crippen molar-refractivity contribution in [3.8, 4) is 11.8 Å². The largest absolute Gasteiger partial charge is 0.506 e. The zero-order valence-electron chi connectivity index (χ0n) is 15.2. The third-order valence-corrected chi connectivity index (χ3v) is 4.63. The van der Waals surface area contributed by atoms with Gasteiger partial charge in [0.15, 0.2) is 5.96 Å². The van der Waals surface area contributed by atoms with E-state index in [9.17, 15) is 9.50 Å². The predicted molar refractivity (Wildman–Crippen MR) is 103 cm³/mol. The minimum atomic E-state index is -0.346. The van der Waals surface area contributed by atoms with Crippen LogP contribution in [0.1, 0.15) is 11.1 Å². The molecule has 0 bridgehead atoms. The number of para-hydroxylation sites is 2. The molecule has 0 saturated carbocycles. The van der Waals surface area contributed by atoms with Crippen molar-refractivity contribution in [2.75, 3.05) is 38.1 Å². The normalized spacial score (nSPS) is 14.8. The van der Waals surface area contributed by atoms with E-state index in [-0.39, 0.29) is 18.1 Å². The minimum absolute atomic E-state index is 0.258. The summed E-state index contributed by atoms with van der Waals surface area (Å²) in [6, 6.07) is 13.7. The Morgan fingerprint density at radius 1 is 1.22 bits per heavy atom. The zero-order chi connectivity index (χ0) is 19.2. The molecule has 0 radical (unpaired) electrons. The summed E-state index contributed by atoms with van der Waals surface area (Å²) in [7, 11) is 1.69. The predicted octanol–water partition coefficient (Wildman–Crippen LogP) is 2.30. The number of nitrogens with zero attached hydrogens (tertiary/aromatic N) is 4. The van der Waals surface area contributed by atoms with Crippen LogP contribution in [0, 0.1) is 17.1 Å². The summed E-state index contributed by atoms with van der Waals surface area (Å²) in [5.41, 5.74) is 1.69. The van der Waals surface area contributed by atoms with Gasteiger partial charge in [-0.1, -0.05) is 12.1 Å². The van der Waals surface area contributed by atoms with E-state index in [0.717, 1.165) is 31.9 Å². The number of piperazine rings is 1. The zero-order valence-corrected chi connectivity index (χ0v) is 15.2. The van der Waals surface area contributed by atoms with Gasteiger partial charge in [0.25, 0.3) is 0 Å². The molecule has 0 aliphatic carbocycles. The van der Waals surface area contributed by atoms with E-state index < -0.39 is 0 Å². The Balaban J connectivity index is 1.60. The number of halogens is 1. The van der Waals surface area contributed by atoms with Crippen LogP contribution in [0.2, 0.25) is 0 Å². The van der Waals surface area contributed by atoms with Crippen LogP contribution in [0.3, 0.4) is 0 Å². The number of benzene rings is 2. The molecule has 0 atom stereocenters. The van der Waals surface area contributed by atoms with Crippen LogP contribution in [0.5, 0.6) is 5.75 Å². The standard InChI is InChI=1S/C20H22FN5O/c1-23-20(24-14-16-12-15(13-22)6-7-17(16)21)26-10-8-25(9-11-26)18-4-2-3-5-19(18)27/h2-7,12,27H,8-11,14H2,1H3,(H,23,24). The van der Waals surface area contributed by atoms with E-state index in [1.54, 1.807) is 25.2 Å². The van der Waals surface area contributed by atoms with Crippen molar-refractivity contribution >= 4 is 11.6 Å². The first-order valence-corrected chi connectivity index (χ1v) is 8.79. The summed E-state index contributed by atoms with van der Waals surface area (Å²) >= 11 is 0. The van der Waals surface area contributed by atoms with Crippen molar-refractivity contribution in [1.82, 2.24) is 10.2 Å². The molecule has 2 aromatic rings. The summed E-state index contributed by atoms with van der Waals surface area (Å²) in [4.78, 5) is 8.52. The number of nitriles is 1. The van der Waals surface area contributed by atoms with Gasteiger partial charge in [-0.25, -0.2) is 4.39 Å². The highest BCUT2D eigenvalue weighted by atomic mass is 19.1. The molecule has 6 nitrogen and oxygen atoms in total. The third kappa shape index (κ3) is 4.29. The molecule has 0 unspecified atom stereocenters. The average molecular weight is 367 g/mol. The Kier molecular flexibility index (Phi) is 5.77. The highest BCUT2D eigenvalue weighted by Gasteiger charge is 2.21. The van der Waals surface area contributed by atoms with E-state index in [1.807, 2.05) is 18.2 Å². The lowest BCUT2D eigenvalue weighted by atomic mass is 10.1. The molecule has 27 heavy (non-hydrogen) atoms. The van der Waals surface area contributed by atoms with Crippen molar-refractivity contribution in [2.45, 2.75) is 6.54 Å². The number of anilines is 1. The lowest BCUT2D eigenvalue weighted by Crippen LogP contribution is -2.52. The molecule has 2 aromatic carbocycles. The SMILES string of the molecule is CN=C(NCc1cc(C#N)ccc1F)N1CCN(c2ccccc2O)CC1.